The van der Waals surface area contributed by atoms with Crippen LogP contribution in [0, 0.1) is 31.7 Å². The van der Waals surface area contributed by atoms with E-state index in [1.807, 2.05) is 53.7 Å². The molecule has 1 radical (unpaired) electrons. The van der Waals surface area contributed by atoms with Gasteiger partial charge in [0.25, 0.3) is 0 Å². The first-order valence-corrected chi connectivity index (χ1v) is 13.5. The number of benzene rings is 1. The van der Waals surface area contributed by atoms with Gasteiger partial charge in [0.05, 0.1) is 22.7 Å². The van der Waals surface area contributed by atoms with Crippen molar-refractivity contribution in [3.63, 3.8) is 0 Å². The minimum Gasteiger partial charge on any atom is -0.512 e. The molecule has 0 atom stereocenters. The maximum atomic E-state index is 11.7. The van der Waals surface area contributed by atoms with E-state index < -0.39 is 0 Å². The zero-order chi connectivity index (χ0) is 26.2. The van der Waals surface area contributed by atoms with Gasteiger partial charge in [-0.1, -0.05) is 39.8 Å². The number of fused-ring (bicyclic) bond motifs is 2. The van der Waals surface area contributed by atoms with E-state index in [1.165, 1.54) is 10.8 Å². The summed E-state index contributed by atoms with van der Waals surface area (Å²) in [6.07, 6.45) is 6.45. The molecule has 0 saturated heterocycles. The van der Waals surface area contributed by atoms with E-state index >= 15 is 0 Å². The van der Waals surface area contributed by atoms with Crippen molar-refractivity contribution in [1.82, 2.24) is 19.9 Å². The van der Waals surface area contributed by atoms with Crippen LogP contribution in [-0.4, -0.2) is 30.8 Å². The van der Waals surface area contributed by atoms with Crippen molar-refractivity contribution in [2.24, 2.45) is 11.8 Å². The van der Waals surface area contributed by atoms with Gasteiger partial charge in [0.2, 0.25) is 0 Å². The van der Waals surface area contributed by atoms with E-state index in [-0.39, 0.29) is 43.5 Å². The Morgan fingerprint density at radius 2 is 1.59 bits per heavy atom. The molecule has 3 heterocycles. The molecule has 1 aromatic carbocycles. The molecule has 4 aromatic rings. The molecule has 0 amide bonds. The maximum absolute atomic E-state index is 11.7. The van der Waals surface area contributed by atoms with Crippen LogP contribution < -0.4 is 0 Å². The average molecular weight is 696 g/mol. The number of carbonyl (C=O) groups is 1. The van der Waals surface area contributed by atoms with E-state index in [2.05, 4.69) is 38.1 Å². The summed E-state index contributed by atoms with van der Waals surface area (Å²) in [5.41, 5.74) is 3.97. The van der Waals surface area contributed by atoms with Crippen LogP contribution in [0.3, 0.4) is 0 Å². The standard InChI is InChI=1S/C16H11N4S.C13H24O2.Ir/c1-9-10(2)20-16-15(19-9)14(17-8-18-16)13-7-11-5-3-4-6-12(11)21-13;1-5-10(6-2)12(14)9-13(15)11(7-3)8-4;/h3-6,8H,1-2H3;9-11,14H,5-8H2,1-4H3;/q-1;;/b;12-9-;. The summed E-state index contributed by atoms with van der Waals surface area (Å²) in [5, 5.41) is 10.9. The molecule has 37 heavy (non-hydrogen) atoms. The molecule has 199 valence electrons. The number of aliphatic hydroxyl groups excluding tert-OH is 1. The third kappa shape index (κ3) is 7.50. The van der Waals surface area contributed by atoms with Crippen LogP contribution in [0.4, 0.5) is 0 Å². The molecule has 0 bridgehead atoms. The minimum atomic E-state index is 0. The Balaban J connectivity index is 0.000000271. The predicted molar refractivity (Wildman–Crippen MR) is 148 cm³/mol. The summed E-state index contributed by atoms with van der Waals surface area (Å²) >= 11 is 1.66. The number of nitrogens with zero attached hydrogens (tertiary/aromatic N) is 4. The number of aliphatic hydroxyl groups is 1. The molecule has 0 unspecified atom stereocenters. The Morgan fingerprint density at radius 3 is 2.22 bits per heavy atom. The molecule has 0 fully saturated rings. The van der Waals surface area contributed by atoms with Crippen LogP contribution in [0.15, 0.2) is 42.4 Å². The van der Waals surface area contributed by atoms with Crippen molar-refractivity contribution >= 4 is 38.4 Å². The molecule has 0 saturated carbocycles. The number of aryl methyl sites for hydroxylation is 2. The first-order chi connectivity index (χ1) is 17.3. The molecule has 1 N–H and O–H groups in total. The molecule has 3 aromatic heterocycles. The summed E-state index contributed by atoms with van der Waals surface area (Å²) in [4.78, 5) is 30.4. The normalized spacial score (nSPS) is 11.5. The number of aromatic nitrogens is 4. The van der Waals surface area contributed by atoms with E-state index in [1.54, 1.807) is 17.7 Å². The van der Waals surface area contributed by atoms with Gasteiger partial charge in [-0.2, -0.15) is 0 Å². The Hall–Kier alpha value is -2.54. The van der Waals surface area contributed by atoms with E-state index in [9.17, 15) is 9.90 Å². The van der Waals surface area contributed by atoms with Crippen molar-refractivity contribution in [2.45, 2.75) is 67.2 Å². The summed E-state index contributed by atoms with van der Waals surface area (Å²) in [5.74, 6) is 0.547. The van der Waals surface area contributed by atoms with Gasteiger partial charge in [-0.05, 0) is 49.1 Å². The third-order valence-electron chi connectivity index (χ3n) is 6.52. The van der Waals surface area contributed by atoms with Crippen molar-refractivity contribution in [3.8, 4) is 10.6 Å². The van der Waals surface area contributed by atoms with Crippen LogP contribution in [0.25, 0.3) is 31.8 Å². The average Bonchev–Trinajstić information content (AvgIpc) is 3.30. The first-order valence-electron chi connectivity index (χ1n) is 12.6. The topological polar surface area (TPSA) is 88.9 Å². The fraction of sp³-hybridized carbons (Fsp3) is 0.414. The van der Waals surface area contributed by atoms with Crippen LogP contribution in [0.5, 0.6) is 0 Å². The van der Waals surface area contributed by atoms with Gasteiger partial charge < -0.3 is 5.11 Å². The fourth-order valence-electron chi connectivity index (χ4n) is 4.01. The van der Waals surface area contributed by atoms with Gasteiger partial charge in [-0.3, -0.25) is 14.8 Å². The van der Waals surface area contributed by atoms with Gasteiger partial charge >= 0.3 is 0 Å². The van der Waals surface area contributed by atoms with Gasteiger partial charge in [-0.15, -0.1) is 23.6 Å². The van der Waals surface area contributed by atoms with Crippen molar-refractivity contribution < 1.29 is 30.0 Å². The van der Waals surface area contributed by atoms with Crippen LogP contribution in [0.2, 0.25) is 0 Å². The largest absolute Gasteiger partial charge is 0.512 e. The molecule has 8 heteroatoms. The SMILES string of the molecule is CCC(CC)C(=O)/C=C(\O)C(CC)CC.Cc1nc2ncnc(-c3[c-]c4ccccc4s3)c2nc1C.[Ir]. The fourth-order valence-corrected chi connectivity index (χ4v) is 5.02. The summed E-state index contributed by atoms with van der Waals surface area (Å²) in [7, 11) is 0. The van der Waals surface area contributed by atoms with Crippen LogP contribution in [0.1, 0.15) is 64.8 Å². The van der Waals surface area contributed by atoms with E-state index in [0.717, 1.165) is 58.5 Å². The Kier molecular flexibility index (Phi) is 12.0. The zero-order valence-corrected chi connectivity index (χ0v) is 25.5. The van der Waals surface area contributed by atoms with Gasteiger partial charge in [-0.25, -0.2) is 21.3 Å². The minimum absolute atomic E-state index is 0. The molecular formula is C29H35IrN4O2S-. The third-order valence-corrected chi connectivity index (χ3v) is 7.60. The van der Waals surface area contributed by atoms with Gasteiger partial charge in [0.15, 0.2) is 11.4 Å². The monoisotopic (exact) mass is 696 g/mol. The van der Waals surface area contributed by atoms with Crippen LogP contribution >= 0.6 is 11.3 Å². The van der Waals surface area contributed by atoms with E-state index in [0.29, 0.717) is 5.65 Å². The summed E-state index contributed by atoms with van der Waals surface area (Å²) in [6.45, 7) is 12.0. The number of hydrogen-bond donors (Lipinski definition) is 1. The number of hydrogen-bond acceptors (Lipinski definition) is 7. The molecule has 0 spiro atoms. The van der Waals surface area contributed by atoms with Crippen molar-refractivity contribution in [1.29, 1.82) is 0 Å². The first kappa shape index (κ1) is 30.7. The van der Waals surface area contributed by atoms with Crippen LogP contribution in [-0.2, 0) is 24.9 Å². The number of thiophene rings is 1. The van der Waals surface area contributed by atoms with E-state index in [4.69, 9.17) is 0 Å². The number of carbonyl (C=O) groups excluding carboxylic acids is 1. The molecular weight excluding hydrogens is 661 g/mol. The number of ketones is 1. The second-order valence-electron chi connectivity index (χ2n) is 8.84. The summed E-state index contributed by atoms with van der Waals surface area (Å²) in [6, 6.07) is 11.6. The van der Waals surface area contributed by atoms with Gasteiger partial charge in [0, 0.05) is 43.7 Å². The predicted octanol–water partition coefficient (Wildman–Crippen LogP) is 7.59. The Bertz CT molecular complexity index is 1330. The second kappa shape index (κ2) is 14.4. The van der Waals surface area contributed by atoms with Crippen molar-refractivity contribution in [2.75, 3.05) is 0 Å². The molecule has 6 nitrogen and oxygen atoms in total. The Labute approximate surface area is 237 Å². The molecule has 0 aliphatic rings. The number of allylic oxidation sites excluding steroid dienone is 2. The smallest absolute Gasteiger partial charge is 0.172 e. The second-order valence-corrected chi connectivity index (χ2v) is 9.89. The Morgan fingerprint density at radius 1 is 0.973 bits per heavy atom. The quantitative estimate of drug-likeness (QED) is 0.116. The molecule has 0 aliphatic heterocycles. The number of rotatable bonds is 8. The van der Waals surface area contributed by atoms with Crippen molar-refractivity contribution in [3.05, 3.63) is 59.9 Å². The maximum Gasteiger partial charge on any atom is 0.172 e. The molecule has 4 rings (SSSR count). The molecule has 0 aliphatic carbocycles. The summed E-state index contributed by atoms with van der Waals surface area (Å²) < 4.78 is 1.19. The zero-order valence-electron chi connectivity index (χ0n) is 22.3. The van der Waals surface area contributed by atoms with Gasteiger partial charge in [0.1, 0.15) is 6.33 Å².